The molecular formula is C18H23FN2O2. The molecule has 0 amide bonds. The molecule has 0 radical (unpaired) electrons. The van der Waals surface area contributed by atoms with Crippen molar-refractivity contribution >= 4 is 0 Å². The molecule has 2 saturated heterocycles. The van der Waals surface area contributed by atoms with Gasteiger partial charge in [-0.05, 0) is 50.4 Å². The summed E-state index contributed by atoms with van der Waals surface area (Å²) in [5.74, 6) is -0.382. The third-order valence-electron chi connectivity index (χ3n) is 5.26. The van der Waals surface area contributed by atoms with Gasteiger partial charge in [0.2, 0.25) is 0 Å². The Morgan fingerprint density at radius 3 is 3.09 bits per heavy atom. The Morgan fingerprint density at radius 2 is 2.35 bits per heavy atom. The lowest BCUT2D eigenvalue weighted by molar-refractivity contribution is -0.123. The Bertz CT molecular complexity index is 612. The molecule has 23 heavy (non-hydrogen) atoms. The molecule has 124 valence electrons. The Labute approximate surface area is 136 Å². The largest absolute Gasteiger partial charge is 0.390 e. The SMILES string of the molecule is CC1(O)CCOCC1C1CCCN1Cc1ccc(F)c(C#N)c1. The maximum atomic E-state index is 13.5. The molecule has 3 rings (SSSR count). The first-order chi connectivity index (χ1) is 11.0. The van der Waals surface area contributed by atoms with E-state index in [1.54, 1.807) is 12.1 Å². The lowest BCUT2D eigenvalue weighted by Crippen LogP contribution is -2.52. The Morgan fingerprint density at radius 1 is 1.52 bits per heavy atom. The van der Waals surface area contributed by atoms with Crippen LogP contribution in [0.3, 0.4) is 0 Å². The van der Waals surface area contributed by atoms with Crippen LogP contribution in [0.1, 0.15) is 37.3 Å². The van der Waals surface area contributed by atoms with Crippen molar-refractivity contribution in [2.45, 2.75) is 44.4 Å². The molecule has 5 heteroatoms. The van der Waals surface area contributed by atoms with Crippen LogP contribution >= 0.6 is 0 Å². The van der Waals surface area contributed by atoms with E-state index < -0.39 is 11.4 Å². The zero-order chi connectivity index (χ0) is 16.4. The highest BCUT2D eigenvalue weighted by Crippen LogP contribution is 2.36. The highest BCUT2D eigenvalue weighted by molar-refractivity contribution is 5.34. The number of aliphatic hydroxyl groups is 1. The van der Waals surface area contributed by atoms with E-state index in [0.717, 1.165) is 24.9 Å². The summed E-state index contributed by atoms with van der Waals surface area (Å²) < 4.78 is 19.1. The van der Waals surface area contributed by atoms with Crippen molar-refractivity contribution in [3.63, 3.8) is 0 Å². The number of hydrogen-bond acceptors (Lipinski definition) is 4. The van der Waals surface area contributed by atoms with Crippen LogP contribution < -0.4 is 0 Å². The van der Waals surface area contributed by atoms with Crippen LogP contribution in [-0.4, -0.2) is 41.4 Å². The Balaban J connectivity index is 1.76. The number of nitrogens with zero attached hydrogens (tertiary/aromatic N) is 2. The van der Waals surface area contributed by atoms with Gasteiger partial charge in [-0.25, -0.2) is 4.39 Å². The molecular weight excluding hydrogens is 295 g/mol. The van der Waals surface area contributed by atoms with Gasteiger partial charge in [-0.15, -0.1) is 0 Å². The van der Waals surface area contributed by atoms with Crippen molar-refractivity contribution in [3.8, 4) is 6.07 Å². The zero-order valence-electron chi connectivity index (χ0n) is 13.5. The summed E-state index contributed by atoms with van der Waals surface area (Å²) >= 11 is 0. The van der Waals surface area contributed by atoms with Gasteiger partial charge in [-0.3, -0.25) is 4.90 Å². The molecule has 2 aliphatic rings. The van der Waals surface area contributed by atoms with Crippen LogP contribution in [-0.2, 0) is 11.3 Å². The van der Waals surface area contributed by atoms with Crippen LogP contribution in [0.5, 0.6) is 0 Å². The maximum Gasteiger partial charge on any atom is 0.140 e. The summed E-state index contributed by atoms with van der Waals surface area (Å²) in [7, 11) is 0. The van der Waals surface area contributed by atoms with Crippen LogP contribution in [0.15, 0.2) is 18.2 Å². The van der Waals surface area contributed by atoms with E-state index in [4.69, 9.17) is 10.00 Å². The Kier molecular flexibility index (Phi) is 4.67. The molecule has 0 spiro atoms. The van der Waals surface area contributed by atoms with E-state index in [1.165, 1.54) is 6.07 Å². The van der Waals surface area contributed by atoms with Gasteiger partial charge >= 0.3 is 0 Å². The van der Waals surface area contributed by atoms with Crippen molar-refractivity contribution in [2.75, 3.05) is 19.8 Å². The average Bonchev–Trinajstić information content (AvgIpc) is 2.96. The number of likely N-dealkylation sites (tertiary alicyclic amines) is 1. The number of halogens is 1. The van der Waals surface area contributed by atoms with E-state index in [1.807, 2.05) is 13.0 Å². The highest BCUT2D eigenvalue weighted by Gasteiger charge is 2.43. The minimum atomic E-state index is -0.702. The van der Waals surface area contributed by atoms with Gasteiger partial charge in [0.05, 0.1) is 17.8 Å². The monoisotopic (exact) mass is 318 g/mol. The number of ether oxygens (including phenoxy) is 1. The Hall–Kier alpha value is -1.48. The molecule has 1 aromatic rings. The van der Waals surface area contributed by atoms with Gasteiger partial charge in [0.15, 0.2) is 0 Å². The molecule has 0 aliphatic carbocycles. The van der Waals surface area contributed by atoms with Gasteiger partial charge < -0.3 is 9.84 Å². The van der Waals surface area contributed by atoms with Crippen molar-refractivity contribution in [3.05, 3.63) is 35.1 Å². The number of benzene rings is 1. The van der Waals surface area contributed by atoms with Crippen molar-refractivity contribution in [1.29, 1.82) is 5.26 Å². The third kappa shape index (κ3) is 3.40. The second-order valence-corrected chi connectivity index (χ2v) is 6.89. The first-order valence-corrected chi connectivity index (χ1v) is 8.24. The predicted molar refractivity (Wildman–Crippen MR) is 84.1 cm³/mol. The molecule has 3 unspecified atom stereocenters. The van der Waals surface area contributed by atoms with E-state index in [0.29, 0.717) is 26.2 Å². The predicted octanol–water partition coefficient (Wildman–Crippen LogP) is 2.45. The summed E-state index contributed by atoms with van der Waals surface area (Å²) in [6, 6.07) is 6.88. The summed E-state index contributed by atoms with van der Waals surface area (Å²) in [6.45, 7) is 4.73. The minimum absolute atomic E-state index is 0.0891. The van der Waals surface area contributed by atoms with Gasteiger partial charge in [-0.1, -0.05) is 6.07 Å². The third-order valence-corrected chi connectivity index (χ3v) is 5.26. The molecule has 0 saturated carbocycles. The fourth-order valence-electron chi connectivity index (χ4n) is 3.87. The molecule has 3 atom stereocenters. The van der Waals surface area contributed by atoms with Crippen LogP contribution in [0, 0.1) is 23.1 Å². The number of hydrogen-bond donors (Lipinski definition) is 1. The zero-order valence-corrected chi connectivity index (χ0v) is 13.5. The molecule has 1 N–H and O–H groups in total. The molecule has 1 aromatic carbocycles. The second kappa shape index (κ2) is 6.56. The lowest BCUT2D eigenvalue weighted by Gasteiger charge is -2.43. The van der Waals surface area contributed by atoms with Crippen molar-refractivity contribution < 1.29 is 14.2 Å². The molecule has 2 aliphatic heterocycles. The van der Waals surface area contributed by atoms with Crippen LogP contribution in [0.2, 0.25) is 0 Å². The maximum absolute atomic E-state index is 13.5. The van der Waals surface area contributed by atoms with E-state index in [2.05, 4.69) is 4.90 Å². The number of nitriles is 1. The normalized spacial score (nSPS) is 31.9. The summed E-state index contributed by atoms with van der Waals surface area (Å²) in [5.41, 5.74) is 0.323. The van der Waals surface area contributed by atoms with Gasteiger partial charge in [0, 0.05) is 25.1 Å². The van der Waals surface area contributed by atoms with E-state index in [-0.39, 0.29) is 17.5 Å². The fraction of sp³-hybridized carbons (Fsp3) is 0.611. The lowest BCUT2D eigenvalue weighted by atomic mass is 9.79. The second-order valence-electron chi connectivity index (χ2n) is 6.89. The molecule has 2 fully saturated rings. The fourth-order valence-corrected chi connectivity index (χ4v) is 3.87. The van der Waals surface area contributed by atoms with Crippen molar-refractivity contribution in [1.82, 2.24) is 4.90 Å². The average molecular weight is 318 g/mol. The first kappa shape index (κ1) is 16.4. The minimum Gasteiger partial charge on any atom is -0.390 e. The van der Waals surface area contributed by atoms with Crippen molar-refractivity contribution in [2.24, 2.45) is 5.92 Å². The van der Waals surface area contributed by atoms with Gasteiger partial charge in [0.25, 0.3) is 0 Å². The molecule has 4 nitrogen and oxygen atoms in total. The molecule has 0 bridgehead atoms. The quantitative estimate of drug-likeness (QED) is 0.930. The standard InChI is InChI=1S/C18H23FN2O2/c1-18(22)6-8-23-12-15(18)17-3-2-7-21(17)11-13-4-5-16(19)14(9-13)10-20/h4-5,9,15,17,22H,2-3,6-8,11-12H2,1H3. The van der Waals surface area contributed by atoms with Gasteiger partial charge in [0.1, 0.15) is 11.9 Å². The summed E-state index contributed by atoms with van der Waals surface area (Å²) in [6.07, 6.45) is 2.79. The van der Waals surface area contributed by atoms with Gasteiger partial charge in [-0.2, -0.15) is 5.26 Å². The van der Waals surface area contributed by atoms with E-state index >= 15 is 0 Å². The molecule has 2 heterocycles. The van der Waals surface area contributed by atoms with Crippen LogP contribution in [0.4, 0.5) is 4.39 Å². The smallest absolute Gasteiger partial charge is 0.140 e. The summed E-state index contributed by atoms with van der Waals surface area (Å²) in [4.78, 5) is 2.34. The molecule has 0 aromatic heterocycles. The number of rotatable bonds is 3. The van der Waals surface area contributed by atoms with E-state index in [9.17, 15) is 9.50 Å². The first-order valence-electron chi connectivity index (χ1n) is 8.24. The highest BCUT2D eigenvalue weighted by atomic mass is 19.1. The van der Waals surface area contributed by atoms with Crippen LogP contribution in [0.25, 0.3) is 0 Å². The summed E-state index contributed by atoms with van der Waals surface area (Å²) in [5, 5.41) is 19.7. The topological polar surface area (TPSA) is 56.5 Å².